The number of thioether (sulfide) groups is 1. The number of benzene rings is 2. The van der Waals surface area contributed by atoms with E-state index in [0.717, 1.165) is 37.1 Å². The van der Waals surface area contributed by atoms with Crippen molar-refractivity contribution in [2.75, 3.05) is 0 Å². The van der Waals surface area contributed by atoms with Crippen molar-refractivity contribution in [1.82, 2.24) is 9.55 Å². The highest BCUT2D eigenvalue weighted by Crippen LogP contribution is 2.31. The van der Waals surface area contributed by atoms with Crippen LogP contribution < -0.4 is 10.9 Å². The maximum absolute atomic E-state index is 4.32. The third kappa shape index (κ3) is 12.4. The third-order valence-corrected chi connectivity index (χ3v) is 9.17. The lowest BCUT2D eigenvalue weighted by atomic mass is 9.33. The van der Waals surface area contributed by atoms with Gasteiger partial charge < -0.3 is 4.57 Å². The summed E-state index contributed by atoms with van der Waals surface area (Å²) in [5.41, 5.74) is 5.79. The van der Waals surface area contributed by atoms with Crippen molar-refractivity contribution < 1.29 is 0 Å². The summed E-state index contributed by atoms with van der Waals surface area (Å²) >= 11 is 1.93. The van der Waals surface area contributed by atoms with Crippen LogP contribution in [0.3, 0.4) is 0 Å². The molecule has 2 unspecified atom stereocenters. The fraction of sp³-hybridized carbons (Fsp3) is 0.605. The van der Waals surface area contributed by atoms with Gasteiger partial charge in [-0.25, -0.2) is 4.98 Å². The van der Waals surface area contributed by atoms with Crippen molar-refractivity contribution in [1.29, 1.82) is 0 Å². The van der Waals surface area contributed by atoms with Crippen LogP contribution in [0.15, 0.2) is 66.0 Å². The molecule has 2 nitrogen and oxygen atoms in total. The van der Waals surface area contributed by atoms with E-state index in [0.29, 0.717) is 12.5 Å². The zero-order valence-electron chi connectivity index (χ0n) is 28.9. The molecular formula is C38H61BN2S. The molecule has 2 aromatic carbocycles. The van der Waals surface area contributed by atoms with Crippen LogP contribution in [0, 0.1) is 17.8 Å². The smallest absolute Gasteiger partial charge is 0.212 e. The largest absolute Gasteiger partial charge is 0.334 e. The van der Waals surface area contributed by atoms with Gasteiger partial charge in [0.25, 0.3) is 0 Å². The van der Waals surface area contributed by atoms with E-state index >= 15 is 0 Å². The van der Waals surface area contributed by atoms with E-state index in [9.17, 15) is 0 Å². The zero-order chi connectivity index (χ0) is 31.3. The number of imidazole rings is 1. The van der Waals surface area contributed by atoms with Gasteiger partial charge in [-0.2, -0.15) is 0 Å². The lowest BCUT2D eigenvalue weighted by molar-refractivity contribution is 0.305. The van der Waals surface area contributed by atoms with E-state index < -0.39 is 0 Å². The van der Waals surface area contributed by atoms with Gasteiger partial charge in [-0.3, -0.25) is 0 Å². The first kappa shape index (κ1) is 36.3. The van der Waals surface area contributed by atoms with Crippen LogP contribution in [-0.4, -0.2) is 21.0 Å². The minimum absolute atomic E-state index is 0.258. The average Bonchev–Trinajstić information content (AvgIpc) is 3.35. The number of aryl methyl sites for hydroxylation is 2. The maximum atomic E-state index is 4.32. The normalized spacial score (nSPS) is 13.2. The topological polar surface area (TPSA) is 17.8 Å². The summed E-state index contributed by atoms with van der Waals surface area (Å²) < 4.78 is 2.63. The highest BCUT2D eigenvalue weighted by Gasteiger charge is 2.25. The molecule has 2 atom stereocenters. The molecule has 0 bridgehead atoms. The molecule has 0 saturated heterocycles. The second kappa shape index (κ2) is 18.0. The number of aromatic nitrogens is 2. The van der Waals surface area contributed by atoms with E-state index in [4.69, 9.17) is 0 Å². The van der Waals surface area contributed by atoms with E-state index in [-0.39, 0.29) is 4.75 Å². The molecule has 0 aliphatic rings. The monoisotopic (exact) mass is 588 g/mol. The Bertz CT molecular complexity index is 1140. The summed E-state index contributed by atoms with van der Waals surface area (Å²) in [5, 5.41) is 0. The molecule has 4 heteroatoms. The van der Waals surface area contributed by atoms with Crippen LogP contribution in [0.5, 0.6) is 0 Å². The van der Waals surface area contributed by atoms with Crippen LogP contribution in [0.25, 0.3) is 0 Å². The molecule has 3 aromatic rings. The van der Waals surface area contributed by atoms with Gasteiger partial charge >= 0.3 is 0 Å². The molecule has 0 radical (unpaired) electrons. The standard InChI is InChI=1S/C21H29BS.C17H32N2/c1-7-17-10-8-9-11-20(17)22(16(2)3)18-12-14-19(15-13-18)23-21(4,5)6;1-6-8-17-11-18-13-19(17)12-16(7-2)10-15(5)9-14(3)4/h8-16H,7H2,1-6H3;11,13-16H,6-10,12H2,1-5H3. The number of rotatable bonds is 14. The van der Waals surface area contributed by atoms with Crippen molar-refractivity contribution in [2.45, 2.75) is 137 Å². The molecule has 0 spiro atoms. The Kier molecular flexibility index (Phi) is 15.5. The van der Waals surface area contributed by atoms with Crippen LogP contribution in [0.4, 0.5) is 0 Å². The summed E-state index contributed by atoms with van der Waals surface area (Å²) in [4.78, 5) is 5.67. The van der Waals surface area contributed by atoms with Gasteiger partial charge in [0, 0.05) is 28.1 Å². The van der Waals surface area contributed by atoms with E-state index in [2.05, 4.69) is 134 Å². The molecule has 232 valence electrons. The van der Waals surface area contributed by atoms with Crippen LogP contribution in [-0.2, 0) is 19.4 Å². The Morgan fingerprint density at radius 2 is 1.55 bits per heavy atom. The molecule has 0 N–H and O–H groups in total. The summed E-state index contributed by atoms with van der Waals surface area (Å²) in [6.07, 6.45) is 11.5. The van der Waals surface area contributed by atoms with E-state index in [1.807, 2.05) is 24.3 Å². The highest BCUT2D eigenvalue weighted by molar-refractivity contribution is 8.00. The number of hydrogen-bond donors (Lipinski definition) is 0. The van der Waals surface area contributed by atoms with Gasteiger partial charge in [-0.1, -0.05) is 148 Å². The molecule has 0 amide bonds. The quantitative estimate of drug-likeness (QED) is 0.138. The second-order valence-electron chi connectivity index (χ2n) is 14.1. The minimum Gasteiger partial charge on any atom is -0.334 e. The lowest BCUT2D eigenvalue weighted by Crippen LogP contribution is -2.46. The molecule has 0 aliphatic carbocycles. The van der Waals surface area contributed by atoms with Crippen molar-refractivity contribution in [3.05, 3.63) is 72.3 Å². The summed E-state index contributed by atoms with van der Waals surface area (Å²) in [5.74, 6) is 3.03. The Morgan fingerprint density at radius 1 is 0.881 bits per heavy atom. The molecule has 1 heterocycles. The maximum Gasteiger partial charge on any atom is 0.212 e. The van der Waals surface area contributed by atoms with Crippen LogP contribution in [0.2, 0.25) is 5.82 Å². The van der Waals surface area contributed by atoms with E-state index in [1.165, 1.54) is 52.8 Å². The Labute approximate surface area is 265 Å². The number of nitrogens with zero attached hydrogens (tertiary/aromatic N) is 2. The van der Waals surface area contributed by atoms with Crippen molar-refractivity contribution in [3.8, 4) is 0 Å². The van der Waals surface area contributed by atoms with E-state index in [1.54, 1.807) is 0 Å². The second-order valence-corrected chi connectivity index (χ2v) is 16.0. The van der Waals surface area contributed by atoms with Gasteiger partial charge in [-0.15, -0.1) is 11.8 Å². The average molecular weight is 589 g/mol. The minimum atomic E-state index is 0.258. The predicted octanol–water partition coefficient (Wildman–Crippen LogP) is 10.1. The summed E-state index contributed by atoms with van der Waals surface area (Å²) in [7, 11) is 0. The van der Waals surface area contributed by atoms with Crippen molar-refractivity contribution in [3.63, 3.8) is 0 Å². The molecule has 1 aromatic heterocycles. The van der Waals surface area contributed by atoms with Crippen LogP contribution in [0.1, 0.15) is 113 Å². The third-order valence-electron chi connectivity index (χ3n) is 8.05. The molecule has 0 aliphatic heterocycles. The van der Waals surface area contributed by atoms with Crippen molar-refractivity contribution >= 4 is 29.4 Å². The van der Waals surface area contributed by atoms with Gasteiger partial charge in [0.05, 0.1) is 6.33 Å². The lowest BCUT2D eigenvalue weighted by Gasteiger charge is -2.22. The fourth-order valence-corrected chi connectivity index (χ4v) is 7.25. The van der Waals surface area contributed by atoms with Crippen LogP contribution >= 0.6 is 11.8 Å². The highest BCUT2D eigenvalue weighted by atomic mass is 32.2. The van der Waals surface area contributed by atoms with Crippen molar-refractivity contribution in [2.24, 2.45) is 17.8 Å². The number of hydrogen-bond acceptors (Lipinski definition) is 2. The summed E-state index contributed by atoms with van der Waals surface area (Å²) in [6, 6.07) is 18.1. The predicted molar refractivity (Wildman–Crippen MR) is 191 cm³/mol. The Hall–Kier alpha value is -1.94. The fourth-order valence-electron chi connectivity index (χ4n) is 6.28. The zero-order valence-corrected chi connectivity index (χ0v) is 29.7. The molecule has 0 saturated carbocycles. The Balaban J connectivity index is 0.000000299. The van der Waals surface area contributed by atoms with Gasteiger partial charge in [0.1, 0.15) is 0 Å². The van der Waals surface area contributed by atoms with Gasteiger partial charge in [0.2, 0.25) is 6.71 Å². The SMILES string of the molecule is CCCc1cncn1CC(CC)CC(C)CC(C)C.CCc1ccccc1B(c1ccc(SC(C)(C)C)cc1)C(C)C. The van der Waals surface area contributed by atoms with Gasteiger partial charge in [0.15, 0.2) is 0 Å². The molecule has 3 rings (SSSR count). The molecule has 42 heavy (non-hydrogen) atoms. The summed E-state index contributed by atoms with van der Waals surface area (Å²) in [6.45, 7) is 26.9. The first-order valence-corrected chi connectivity index (χ1v) is 17.6. The van der Waals surface area contributed by atoms with Gasteiger partial charge in [-0.05, 0) is 55.6 Å². The Morgan fingerprint density at radius 3 is 2.10 bits per heavy atom. The first-order chi connectivity index (χ1) is 19.9. The first-order valence-electron chi connectivity index (χ1n) is 16.7. The molecule has 0 fully saturated rings. The molecular weight excluding hydrogens is 527 g/mol.